The third-order valence-corrected chi connectivity index (χ3v) is 2.06. The zero-order valence-electron chi connectivity index (χ0n) is 5.66. The molecule has 1 N–H and O–H groups in total. The van der Waals surface area contributed by atoms with Crippen LogP contribution in [0.4, 0.5) is 0 Å². The molecule has 1 aromatic heterocycles. The van der Waals surface area contributed by atoms with Gasteiger partial charge in [-0.05, 0) is 6.92 Å². The summed E-state index contributed by atoms with van der Waals surface area (Å²) in [5.41, 5.74) is 0. The van der Waals surface area contributed by atoms with Gasteiger partial charge in [0.25, 0.3) is 0 Å². The molecule has 0 aromatic carbocycles. The van der Waals surface area contributed by atoms with Crippen LogP contribution in [0.3, 0.4) is 0 Å². The highest BCUT2D eigenvalue weighted by Crippen LogP contribution is 1.97. The molecule has 0 fully saturated rings. The number of thiazole rings is 1. The van der Waals surface area contributed by atoms with Crippen LogP contribution in [0.2, 0.25) is 0 Å². The van der Waals surface area contributed by atoms with Crippen LogP contribution in [0, 0.1) is 6.92 Å². The number of hydrogen-bond acceptors (Lipinski definition) is 2. The fourth-order valence-electron chi connectivity index (χ4n) is 0.703. The summed E-state index contributed by atoms with van der Waals surface area (Å²) in [6.07, 6.45) is 2.11. The zero-order valence-corrected chi connectivity index (χ0v) is 6.48. The van der Waals surface area contributed by atoms with E-state index in [1.165, 1.54) is 5.01 Å². The summed E-state index contributed by atoms with van der Waals surface area (Å²) in [6.45, 7) is 5.38. The Morgan fingerprint density at radius 2 is 2.33 bits per heavy atom. The smallest absolute Gasteiger partial charge is 0.234 e. The first kappa shape index (κ1) is 8.59. The van der Waals surface area contributed by atoms with E-state index in [1.807, 2.05) is 0 Å². The average molecular weight is 145 g/mol. The second kappa shape index (κ2) is 3.58. The van der Waals surface area contributed by atoms with Crippen LogP contribution in [-0.4, -0.2) is 5.48 Å². The Kier molecular flexibility index (Phi) is 3.42. The Morgan fingerprint density at radius 1 is 1.67 bits per heavy atom. The second-order valence-corrected chi connectivity index (χ2v) is 2.81. The van der Waals surface area contributed by atoms with E-state index in [0.29, 0.717) is 0 Å². The van der Waals surface area contributed by atoms with Crippen LogP contribution in [0.5, 0.6) is 0 Å². The second-order valence-electron chi connectivity index (χ2n) is 1.71. The van der Waals surface area contributed by atoms with Crippen LogP contribution in [0.1, 0.15) is 11.9 Å². The lowest BCUT2D eigenvalue weighted by atomic mass is 10.6. The Morgan fingerprint density at radius 3 is 2.56 bits per heavy atom. The SMILES string of the molecule is CC[n+]1ccsc1C.[OH-]. The molecule has 0 radical (unpaired) electrons. The van der Waals surface area contributed by atoms with Crippen molar-refractivity contribution in [2.45, 2.75) is 20.4 Å². The van der Waals surface area contributed by atoms with Crippen LogP contribution >= 0.6 is 11.3 Å². The summed E-state index contributed by atoms with van der Waals surface area (Å²) in [5, 5.41) is 3.49. The van der Waals surface area contributed by atoms with Gasteiger partial charge in [0.05, 0.1) is 5.38 Å². The first-order chi connectivity index (χ1) is 3.84. The van der Waals surface area contributed by atoms with Crippen LogP contribution in [-0.2, 0) is 6.54 Å². The van der Waals surface area contributed by atoms with Crippen LogP contribution in [0.25, 0.3) is 0 Å². The van der Waals surface area contributed by atoms with Crippen LogP contribution in [0.15, 0.2) is 11.6 Å². The molecule has 0 spiro atoms. The third-order valence-electron chi connectivity index (χ3n) is 1.22. The molecule has 52 valence electrons. The first-order valence-electron chi connectivity index (χ1n) is 2.78. The van der Waals surface area contributed by atoms with E-state index in [2.05, 4.69) is 30.0 Å². The molecule has 1 rings (SSSR count). The molecule has 0 aliphatic rings. The third kappa shape index (κ3) is 1.77. The largest absolute Gasteiger partial charge is 0.870 e. The summed E-state index contributed by atoms with van der Waals surface area (Å²) in [5.74, 6) is 0. The number of nitrogens with zero attached hydrogens (tertiary/aromatic N) is 1. The van der Waals surface area contributed by atoms with Crippen molar-refractivity contribution in [3.63, 3.8) is 0 Å². The van der Waals surface area contributed by atoms with Gasteiger partial charge in [0.1, 0.15) is 6.54 Å². The molecule has 0 amide bonds. The lowest BCUT2D eigenvalue weighted by Gasteiger charge is -1.82. The fourth-order valence-corrected chi connectivity index (χ4v) is 1.43. The predicted octanol–water partition coefficient (Wildman–Crippen LogP) is 1.19. The van der Waals surface area contributed by atoms with Gasteiger partial charge in [0.15, 0.2) is 6.20 Å². The molecule has 0 saturated carbocycles. The van der Waals surface area contributed by atoms with Crippen molar-refractivity contribution in [1.82, 2.24) is 0 Å². The Bertz CT molecular complexity index is 173. The molecule has 0 saturated heterocycles. The molecule has 0 aliphatic carbocycles. The molecule has 0 aliphatic heterocycles. The summed E-state index contributed by atoms with van der Waals surface area (Å²) in [4.78, 5) is 0. The molecular formula is C6H11NOS. The Balaban J connectivity index is 0.000000640. The van der Waals surface area contributed by atoms with Gasteiger partial charge in [0, 0.05) is 6.92 Å². The minimum absolute atomic E-state index is 0. The van der Waals surface area contributed by atoms with E-state index in [1.54, 1.807) is 11.3 Å². The van der Waals surface area contributed by atoms with Crippen molar-refractivity contribution in [3.8, 4) is 0 Å². The van der Waals surface area contributed by atoms with Gasteiger partial charge in [-0.2, -0.15) is 4.57 Å². The summed E-state index contributed by atoms with van der Waals surface area (Å²) in [7, 11) is 0. The van der Waals surface area contributed by atoms with Crippen molar-refractivity contribution in [3.05, 3.63) is 16.6 Å². The normalized spacial score (nSPS) is 8.67. The quantitative estimate of drug-likeness (QED) is 0.546. The van der Waals surface area contributed by atoms with E-state index < -0.39 is 0 Å². The van der Waals surface area contributed by atoms with Gasteiger partial charge in [-0.15, -0.1) is 0 Å². The van der Waals surface area contributed by atoms with Crippen molar-refractivity contribution in [2.75, 3.05) is 0 Å². The molecular weight excluding hydrogens is 134 g/mol. The van der Waals surface area contributed by atoms with Crippen molar-refractivity contribution >= 4 is 11.3 Å². The summed E-state index contributed by atoms with van der Waals surface area (Å²) < 4.78 is 2.23. The average Bonchev–Trinajstić information content (AvgIpc) is 2.14. The lowest BCUT2D eigenvalue weighted by Crippen LogP contribution is -2.31. The van der Waals surface area contributed by atoms with Crippen molar-refractivity contribution in [2.24, 2.45) is 0 Å². The summed E-state index contributed by atoms with van der Waals surface area (Å²) >= 11 is 1.79. The van der Waals surface area contributed by atoms with Gasteiger partial charge in [-0.1, -0.05) is 11.3 Å². The highest BCUT2D eigenvalue weighted by molar-refractivity contribution is 7.09. The van der Waals surface area contributed by atoms with E-state index in [0.717, 1.165) is 6.54 Å². The van der Waals surface area contributed by atoms with Gasteiger partial charge < -0.3 is 5.48 Å². The highest BCUT2D eigenvalue weighted by atomic mass is 32.1. The van der Waals surface area contributed by atoms with Crippen molar-refractivity contribution in [1.29, 1.82) is 0 Å². The molecule has 9 heavy (non-hydrogen) atoms. The Hall–Kier alpha value is -0.410. The maximum Gasteiger partial charge on any atom is 0.234 e. The number of rotatable bonds is 1. The molecule has 1 heterocycles. The van der Waals surface area contributed by atoms with E-state index in [4.69, 9.17) is 0 Å². The number of aryl methyl sites for hydroxylation is 2. The standard InChI is InChI=1S/C6H10NS.H2O/c1-3-7-4-5-8-6(7)2;/h4-5H,3H2,1-2H3;1H2/q+1;/p-1. The monoisotopic (exact) mass is 145 g/mol. The molecule has 0 bridgehead atoms. The minimum Gasteiger partial charge on any atom is -0.870 e. The van der Waals surface area contributed by atoms with Gasteiger partial charge in [0.2, 0.25) is 5.01 Å². The summed E-state index contributed by atoms with van der Waals surface area (Å²) in [6, 6.07) is 0. The molecule has 1 aromatic rings. The van der Waals surface area contributed by atoms with Gasteiger partial charge >= 0.3 is 0 Å². The molecule has 0 atom stereocenters. The van der Waals surface area contributed by atoms with E-state index >= 15 is 0 Å². The highest BCUT2D eigenvalue weighted by Gasteiger charge is 2.00. The van der Waals surface area contributed by atoms with Gasteiger partial charge in [-0.3, -0.25) is 0 Å². The predicted molar refractivity (Wildman–Crippen MR) is 36.9 cm³/mol. The minimum atomic E-state index is 0. The van der Waals surface area contributed by atoms with Crippen molar-refractivity contribution < 1.29 is 10.0 Å². The topological polar surface area (TPSA) is 33.9 Å². The molecule has 2 nitrogen and oxygen atoms in total. The van der Waals surface area contributed by atoms with Crippen LogP contribution < -0.4 is 4.57 Å². The number of hydrogen-bond donors (Lipinski definition) is 0. The lowest BCUT2D eigenvalue weighted by molar-refractivity contribution is -0.694. The first-order valence-corrected chi connectivity index (χ1v) is 3.66. The fraction of sp³-hybridized carbons (Fsp3) is 0.500. The molecule has 3 heteroatoms. The maximum absolute atomic E-state index is 2.23. The van der Waals surface area contributed by atoms with E-state index in [9.17, 15) is 0 Å². The van der Waals surface area contributed by atoms with Gasteiger partial charge in [-0.25, -0.2) is 0 Å². The van der Waals surface area contributed by atoms with E-state index in [-0.39, 0.29) is 5.48 Å². The number of aromatic nitrogens is 1. The zero-order chi connectivity index (χ0) is 5.98. The maximum atomic E-state index is 2.23. The molecule has 0 unspecified atom stereocenters. The Labute approximate surface area is 59.1 Å².